The van der Waals surface area contributed by atoms with Crippen LogP contribution in [0.3, 0.4) is 0 Å². The molecule has 1 saturated heterocycles. The van der Waals surface area contributed by atoms with E-state index in [0.717, 1.165) is 13.0 Å². The van der Waals surface area contributed by atoms with Crippen LogP contribution in [-0.4, -0.2) is 44.4 Å². The third-order valence-electron chi connectivity index (χ3n) is 4.07. The maximum absolute atomic E-state index is 12.6. The van der Waals surface area contributed by atoms with E-state index < -0.39 is 11.6 Å². The van der Waals surface area contributed by atoms with Gasteiger partial charge in [0.05, 0.1) is 6.33 Å². The number of aryl methyl sites for hydroxylation is 1. The summed E-state index contributed by atoms with van der Waals surface area (Å²) in [5.74, 6) is 0.0253. The monoisotopic (exact) mass is 292 g/mol. The summed E-state index contributed by atoms with van der Waals surface area (Å²) in [6.07, 6.45) is 6.18. The standard InChI is InChI=1S/C15H24N4O2/c1-11(2)12-13(20)19(15(3,4)14(21)17-12)8-5-7-18-9-6-16-10-18/h6,9-12H,5,7-8H2,1-4H3,(H,17,21). The molecule has 1 aliphatic heterocycles. The lowest BCUT2D eigenvalue weighted by Gasteiger charge is -2.45. The van der Waals surface area contributed by atoms with E-state index in [1.807, 2.05) is 24.6 Å². The van der Waals surface area contributed by atoms with Crippen molar-refractivity contribution >= 4 is 11.8 Å². The molecule has 2 rings (SSSR count). The van der Waals surface area contributed by atoms with Crippen molar-refractivity contribution in [1.82, 2.24) is 19.8 Å². The van der Waals surface area contributed by atoms with Crippen molar-refractivity contribution in [3.05, 3.63) is 18.7 Å². The molecule has 1 atom stereocenters. The summed E-state index contributed by atoms with van der Waals surface area (Å²) in [6, 6.07) is -0.418. The van der Waals surface area contributed by atoms with Gasteiger partial charge in [0.2, 0.25) is 11.8 Å². The Labute approximate surface area is 125 Å². The average molecular weight is 292 g/mol. The van der Waals surface area contributed by atoms with E-state index in [2.05, 4.69) is 10.3 Å². The van der Waals surface area contributed by atoms with Crippen molar-refractivity contribution in [2.24, 2.45) is 5.92 Å². The lowest BCUT2D eigenvalue weighted by molar-refractivity contribution is -0.156. The fourth-order valence-electron chi connectivity index (χ4n) is 2.62. The zero-order chi connectivity index (χ0) is 15.6. The van der Waals surface area contributed by atoms with Gasteiger partial charge >= 0.3 is 0 Å². The number of hydrogen-bond acceptors (Lipinski definition) is 3. The maximum atomic E-state index is 12.6. The Morgan fingerprint density at radius 2 is 2.05 bits per heavy atom. The van der Waals surface area contributed by atoms with E-state index in [9.17, 15) is 9.59 Å². The molecular formula is C15H24N4O2. The molecule has 0 saturated carbocycles. The van der Waals surface area contributed by atoms with Gasteiger partial charge in [-0.25, -0.2) is 4.98 Å². The van der Waals surface area contributed by atoms with Crippen LogP contribution in [0.15, 0.2) is 18.7 Å². The molecule has 0 bridgehead atoms. The van der Waals surface area contributed by atoms with Crippen molar-refractivity contribution in [3.8, 4) is 0 Å². The van der Waals surface area contributed by atoms with Crippen molar-refractivity contribution in [2.45, 2.75) is 52.2 Å². The fraction of sp³-hybridized carbons (Fsp3) is 0.667. The minimum absolute atomic E-state index is 0.0141. The van der Waals surface area contributed by atoms with Gasteiger partial charge in [-0.15, -0.1) is 0 Å². The van der Waals surface area contributed by atoms with Crippen LogP contribution < -0.4 is 5.32 Å². The highest BCUT2D eigenvalue weighted by atomic mass is 16.2. The van der Waals surface area contributed by atoms with Gasteiger partial charge in [-0.3, -0.25) is 9.59 Å². The van der Waals surface area contributed by atoms with Gasteiger partial charge in [-0.05, 0) is 26.2 Å². The molecule has 1 aromatic heterocycles. The highest BCUT2D eigenvalue weighted by molar-refractivity contribution is 5.99. The number of nitrogens with zero attached hydrogens (tertiary/aromatic N) is 3. The van der Waals surface area contributed by atoms with E-state index in [-0.39, 0.29) is 17.7 Å². The van der Waals surface area contributed by atoms with E-state index in [4.69, 9.17) is 0 Å². The maximum Gasteiger partial charge on any atom is 0.246 e. The lowest BCUT2D eigenvalue weighted by Crippen LogP contribution is -2.69. The van der Waals surface area contributed by atoms with Crippen molar-refractivity contribution < 1.29 is 9.59 Å². The first-order valence-corrected chi connectivity index (χ1v) is 7.42. The molecule has 0 spiro atoms. The third kappa shape index (κ3) is 3.09. The molecule has 21 heavy (non-hydrogen) atoms. The first-order chi connectivity index (χ1) is 9.84. The van der Waals surface area contributed by atoms with Crippen LogP contribution in [0.4, 0.5) is 0 Å². The highest BCUT2D eigenvalue weighted by Gasteiger charge is 2.46. The minimum atomic E-state index is -0.794. The van der Waals surface area contributed by atoms with Gasteiger partial charge in [0, 0.05) is 25.5 Å². The molecule has 1 aromatic rings. The zero-order valence-electron chi connectivity index (χ0n) is 13.2. The molecule has 0 radical (unpaired) electrons. The smallest absolute Gasteiger partial charge is 0.246 e. The van der Waals surface area contributed by atoms with Crippen molar-refractivity contribution in [1.29, 1.82) is 0 Å². The van der Waals surface area contributed by atoms with Crippen LogP contribution in [0.1, 0.15) is 34.1 Å². The van der Waals surface area contributed by atoms with Crippen LogP contribution in [0.25, 0.3) is 0 Å². The van der Waals surface area contributed by atoms with E-state index in [1.165, 1.54) is 0 Å². The van der Waals surface area contributed by atoms with Crippen LogP contribution in [0, 0.1) is 5.92 Å². The number of nitrogens with one attached hydrogen (secondary N) is 1. The van der Waals surface area contributed by atoms with Gasteiger partial charge in [0.1, 0.15) is 11.6 Å². The Morgan fingerprint density at radius 1 is 1.33 bits per heavy atom. The molecule has 0 aliphatic carbocycles. The Morgan fingerprint density at radius 3 is 2.62 bits per heavy atom. The van der Waals surface area contributed by atoms with Gasteiger partial charge in [-0.2, -0.15) is 0 Å². The number of amides is 2. The number of imidazole rings is 1. The molecule has 1 aliphatic rings. The van der Waals surface area contributed by atoms with Crippen LogP contribution in [0.2, 0.25) is 0 Å². The fourth-order valence-corrected chi connectivity index (χ4v) is 2.62. The summed E-state index contributed by atoms with van der Waals surface area (Å²) in [5.41, 5.74) is -0.794. The Balaban J connectivity index is 2.05. The molecule has 0 aromatic carbocycles. The summed E-state index contributed by atoms with van der Waals surface area (Å²) in [6.45, 7) is 8.85. The minimum Gasteiger partial charge on any atom is -0.342 e. The largest absolute Gasteiger partial charge is 0.342 e. The quantitative estimate of drug-likeness (QED) is 0.881. The zero-order valence-corrected chi connectivity index (χ0v) is 13.2. The second-order valence-electron chi connectivity index (χ2n) is 6.40. The Kier molecular flexibility index (Phi) is 4.34. The second kappa shape index (κ2) is 5.87. The summed E-state index contributed by atoms with van der Waals surface area (Å²) < 4.78 is 1.97. The highest BCUT2D eigenvalue weighted by Crippen LogP contribution is 2.24. The summed E-state index contributed by atoms with van der Waals surface area (Å²) in [5, 5.41) is 2.84. The van der Waals surface area contributed by atoms with Crippen molar-refractivity contribution in [2.75, 3.05) is 6.54 Å². The van der Waals surface area contributed by atoms with Gasteiger partial charge in [0.15, 0.2) is 0 Å². The molecule has 6 nitrogen and oxygen atoms in total. The SMILES string of the molecule is CC(C)C1NC(=O)C(C)(C)N(CCCn2ccnc2)C1=O. The van der Waals surface area contributed by atoms with Gasteiger partial charge in [-0.1, -0.05) is 13.8 Å². The van der Waals surface area contributed by atoms with Crippen LogP contribution in [0.5, 0.6) is 0 Å². The van der Waals surface area contributed by atoms with Gasteiger partial charge < -0.3 is 14.8 Å². The molecule has 1 unspecified atom stereocenters. The van der Waals surface area contributed by atoms with E-state index in [1.54, 1.807) is 31.3 Å². The normalized spacial score (nSPS) is 21.8. The molecule has 1 fully saturated rings. The van der Waals surface area contributed by atoms with Crippen LogP contribution >= 0.6 is 0 Å². The third-order valence-corrected chi connectivity index (χ3v) is 4.07. The number of carbonyl (C=O) groups excluding carboxylic acids is 2. The molecular weight excluding hydrogens is 268 g/mol. The number of aromatic nitrogens is 2. The summed E-state index contributed by atoms with van der Waals surface area (Å²) in [7, 11) is 0. The molecule has 116 valence electrons. The predicted molar refractivity (Wildman–Crippen MR) is 79.4 cm³/mol. The lowest BCUT2D eigenvalue weighted by atomic mass is 9.91. The Hall–Kier alpha value is -1.85. The van der Waals surface area contributed by atoms with Gasteiger partial charge in [0.25, 0.3) is 0 Å². The topological polar surface area (TPSA) is 67.2 Å². The van der Waals surface area contributed by atoms with E-state index >= 15 is 0 Å². The predicted octanol–water partition coefficient (Wildman–Crippen LogP) is 1.03. The first-order valence-electron chi connectivity index (χ1n) is 7.42. The Bertz CT molecular complexity index is 508. The number of hydrogen-bond donors (Lipinski definition) is 1. The van der Waals surface area contributed by atoms with E-state index in [0.29, 0.717) is 6.54 Å². The summed E-state index contributed by atoms with van der Waals surface area (Å²) >= 11 is 0. The van der Waals surface area contributed by atoms with Crippen molar-refractivity contribution in [3.63, 3.8) is 0 Å². The molecule has 1 N–H and O–H groups in total. The second-order valence-corrected chi connectivity index (χ2v) is 6.40. The number of rotatable bonds is 5. The average Bonchev–Trinajstić information content (AvgIpc) is 2.91. The van der Waals surface area contributed by atoms with Crippen LogP contribution in [-0.2, 0) is 16.1 Å². The number of piperazine rings is 1. The molecule has 2 heterocycles. The molecule has 2 amide bonds. The summed E-state index contributed by atoms with van der Waals surface area (Å²) in [4.78, 5) is 30.6. The number of carbonyl (C=O) groups is 2. The first kappa shape index (κ1) is 15.5. The molecule has 6 heteroatoms.